The van der Waals surface area contributed by atoms with E-state index in [1.165, 1.54) is 5.57 Å². The van der Waals surface area contributed by atoms with Gasteiger partial charge in [-0.05, 0) is 37.7 Å². The summed E-state index contributed by atoms with van der Waals surface area (Å²) in [7, 11) is 0. The summed E-state index contributed by atoms with van der Waals surface area (Å²) < 4.78 is 5.93. The fourth-order valence-corrected chi connectivity index (χ4v) is 2.67. The van der Waals surface area contributed by atoms with Crippen molar-refractivity contribution in [1.82, 2.24) is 0 Å². The molecule has 2 nitrogen and oxygen atoms in total. The molecule has 0 amide bonds. The summed E-state index contributed by atoms with van der Waals surface area (Å²) in [6.45, 7) is 10.5. The first-order chi connectivity index (χ1) is 9.12. The largest absolute Gasteiger partial charge is 0.482 e. The fourth-order valence-electron chi connectivity index (χ4n) is 2.67. The van der Waals surface area contributed by atoms with E-state index in [-0.39, 0.29) is 11.9 Å². The monoisotopic (exact) mass is 264 g/mol. The van der Waals surface area contributed by atoms with E-state index in [2.05, 4.69) is 26.8 Å². The van der Waals surface area contributed by atoms with E-state index in [0.717, 1.165) is 43.4 Å². The summed E-state index contributed by atoms with van der Waals surface area (Å²) in [5, 5.41) is 0. The van der Waals surface area contributed by atoms with Gasteiger partial charge in [0.1, 0.15) is 5.76 Å². The Morgan fingerprint density at radius 1 is 1.26 bits per heavy atom. The van der Waals surface area contributed by atoms with E-state index in [9.17, 15) is 4.79 Å². The molecule has 0 spiro atoms. The van der Waals surface area contributed by atoms with Crippen molar-refractivity contribution < 1.29 is 9.53 Å². The number of allylic oxidation sites excluding steroid dienone is 2. The Bertz CT molecular complexity index is 373. The van der Waals surface area contributed by atoms with Gasteiger partial charge in [-0.15, -0.1) is 0 Å². The number of carbonyl (C=O) groups is 1. The number of hydrogen-bond acceptors (Lipinski definition) is 2. The van der Waals surface area contributed by atoms with Gasteiger partial charge in [-0.25, -0.2) is 0 Å². The molecule has 0 bridgehead atoms. The molecule has 0 N–H and O–H groups in total. The van der Waals surface area contributed by atoms with Crippen molar-refractivity contribution >= 4 is 5.78 Å². The van der Waals surface area contributed by atoms with Crippen molar-refractivity contribution in [2.45, 2.75) is 72.8 Å². The summed E-state index contributed by atoms with van der Waals surface area (Å²) in [6.07, 6.45) is 6.62. The van der Waals surface area contributed by atoms with Crippen LogP contribution in [0.25, 0.3) is 0 Å². The Balaban J connectivity index is 3.07. The summed E-state index contributed by atoms with van der Waals surface area (Å²) in [4.78, 5) is 12.4. The van der Waals surface area contributed by atoms with Crippen molar-refractivity contribution in [2.24, 2.45) is 5.92 Å². The highest BCUT2D eigenvalue weighted by Gasteiger charge is 2.35. The first-order valence-corrected chi connectivity index (χ1v) is 7.72. The summed E-state index contributed by atoms with van der Waals surface area (Å²) >= 11 is 0. The van der Waals surface area contributed by atoms with Gasteiger partial charge in [0.15, 0.2) is 6.10 Å². The Morgan fingerprint density at radius 3 is 2.32 bits per heavy atom. The second-order valence-electron chi connectivity index (χ2n) is 5.24. The highest BCUT2D eigenvalue weighted by Crippen LogP contribution is 2.35. The highest BCUT2D eigenvalue weighted by molar-refractivity contribution is 6.01. The van der Waals surface area contributed by atoms with Crippen LogP contribution < -0.4 is 0 Å². The second-order valence-corrected chi connectivity index (χ2v) is 5.24. The molecular weight excluding hydrogens is 236 g/mol. The SMILES string of the molecule is CC=C(CC)C1=C(CC(CC)CC)C(=O)C(CC)O1. The van der Waals surface area contributed by atoms with Gasteiger partial charge in [0.25, 0.3) is 0 Å². The molecule has 1 heterocycles. The lowest BCUT2D eigenvalue weighted by Crippen LogP contribution is -2.18. The maximum absolute atomic E-state index is 12.4. The maximum atomic E-state index is 12.4. The van der Waals surface area contributed by atoms with Gasteiger partial charge in [0.2, 0.25) is 5.78 Å². The normalized spacial score (nSPS) is 20.4. The molecule has 1 aliphatic heterocycles. The molecule has 0 aliphatic carbocycles. The van der Waals surface area contributed by atoms with Crippen LogP contribution in [-0.4, -0.2) is 11.9 Å². The minimum absolute atomic E-state index is 0.220. The zero-order valence-corrected chi connectivity index (χ0v) is 13.1. The molecule has 1 unspecified atom stereocenters. The van der Waals surface area contributed by atoms with Crippen LogP contribution in [0.2, 0.25) is 0 Å². The van der Waals surface area contributed by atoms with Gasteiger partial charge < -0.3 is 4.74 Å². The number of Topliss-reactive ketones (excluding diaryl/α,β-unsaturated/α-hetero) is 1. The maximum Gasteiger partial charge on any atom is 0.202 e. The molecule has 0 aromatic rings. The van der Waals surface area contributed by atoms with Gasteiger partial charge >= 0.3 is 0 Å². The summed E-state index contributed by atoms with van der Waals surface area (Å²) in [5.74, 6) is 1.69. The molecule has 0 saturated carbocycles. The van der Waals surface area contributed by atoms with Crippen LogP contribution in [0.15, 0.2) is 23.0 Å². The quantitative estimate of drug-likeness (QED) is 0.660. The third-order valence-corrected chi connectivity index (χ3v) is 4.16. The molecule has 1 atom stereocenters. The predicted octanol–water partition coefficient (Wildman–Crippen LogP) is 4.80. The molecule has 0 aromatic heterocycles. The van der Waals surface area contributed by atoms with Crippen LogP contribution in [-0.2, 0) is 9.53 Å². The Morgan fingerprint density at radius 2 is 1.89 bits per heavy atom. The number of ether oxygens (including phenoxy) is 1. The molecule has 0 radical (unpaired) electrons. The van der Waals surface area contributed by atoms with Gasteiger partial charge in [-0.3, -0.25) is 4.79 Å². The molecule has 0 fully saturated rings. The highest BCUT2D eigenvalue weighted by atomic mass is 16.5. The second kappa shape index (κ2) is 7.52. The average molecular weight is 264 g/mol. The van der Waals surface area contributed by atoms with Crippen LogP contribution in [0.3, 0.4) is 0 Å². The third-order valence-electron chi connectivity index (χ3n) is 4.16. The van der Waals surface area contributed by atoms with Crippen LogP contribution in [0.5, 0.6) is 0 Å². The lowest BCUT2D eigenvalue weighted by molar-refractivity contribution is -0.121. The molecule has 0 aromatic carbocycles. The Hall–Kier alpha value is -1.05. The summed E-state index contributed by atoms with van der Waals surface area (Å²) in [6, 6.07) is 0. The van der Waals surface area contributed by atoms with E-state index in [1.54, 1.807) is 0 Å². The Kier molecular flexibility index (Phi) is 6.33. The summed E-state index contributed by atoms with van der Waals surface area (Å²) in [5.41, 5.74) is 2.11. The topological polar surface area (TPSA) is 26.3 Å². The van der Waals surface area contributed by atoms with Gasteiger partial charge in [-0.1, -0.05) is 46.6 Å². The van der Waals surface area contributed by atoms with Crippen molar-refractivity contribution in [1.29, 1.82) is 0 Å². The number of hydrogen-bond donors (Lipinski definition) is 0. The number of carbonyl (C=O) groups excluding carboxylic acids is 1. The zero-order chi connectivity index (χ0) is 14.4. The molecule has 108 valence electrons. The molecule has 19 heavy (non-hydrogen) atoms. The van der Waals surface area contributed by atoms with Gasteiger partial charge in [0, 0.05) is 5.57 Å². The van der Waals surface area contributed by atoms with E-state index < -0.39 is 0 Å². The first kappa shape index (κ1) is 16.0. The van der Waals surface area contributed by atoms with E-state index >= 15 is 0 Å². The van der Waals surface area contributed by atoms with Crippen molar-refractivity contribution in [2.75, 3.05) is 0 Å². The van der Waals surface area contributed by atoms with Gasteiger partial charge in [0.05, 0.1) is 0 Å². The lowest BCUT2D eigenvalue weighted by Gasteiger charge is -2.13. The van der Waals surface area contributed by atoms with Crippen LogP contribution in [0.1, 0.15) is 66.7 Å². The van der Waals surface area contributed by atoms with Crippen LogP contribution in [0.4, 0.5) is 0 Å². The Labute approximate surface area is 117 Å². The van der Waals surface area contributed by atoms with E-state index in [1.807, 2.05) is 13.8 Å². The third kappa shape index (κ3) is 3.49. The van der Waals surface area contributed by atoms with Crippen molar-refractivity contribution in [3.05, 3.63) is 23.0 Å². The van der Waals surface area contributed by atoms with Crippen molar-refractivity contribution in [3.8, 4) is 0 Å². The van der Waals surface area contributed by atoms with E-state index in [0.29, 0.717) is 5.92 Å². The fraction of sp³-hybridized carbons (Fsp3) is 0.706. The zero-order valence-electron chi connectivity index (χ0n) is 13.1. The molecule has 2 heteroatoms. The van der Waals surface area contributed by atoms with Gasteiger partial charge in [-0.2, -0.15) is 0 Å². The van der Waals surface area contributed by atoms with Crippen molar-refractivity contribution in [3.63, 3.8) is 0 Å². The molecule has 1 aliphatic rings. The standard InChI is InChI=1S/C17H28O2/c1-6-12(7-2)11-14-16(18)15(10-5)19-17(14)13(8-3)9-4/h8,12,15H,6-7,9-11H2,1-5H3. The van der Waals surface area contributed by atoms with Crippen LogP contribution >= 0.6 is 0 Å². The predicted molar refractivity (Wildman–Crippen MR) is 79.9 cm³/mol. The number of ketones is 1. The van der Waals surface area contributed by atoms with E-state index in [4.69, 9.17) is 4.74 Å². The number of rotatable bonds is 7. The lowest BCUT2D eigenvalue weighted by atomic mass is 9.90. The molecule has 0 saturated heterocycles. The minimum Gasteiger partial charge on any atom is -0.482 e. The average Bonchev–Trinajstić information content (AvgIpc) is 2.74. The first-order valence-electron chi connectivity index (χ1n) is 7.72. The molecule has 1 rings (SSSR count). The smallest absolute Gasteiger partial charge is 0.202 e. The van der Waals surface area contributed by atoms with Crippen LogP contribution in [0, 0.1) is 5.92 Å². The minimum atomic E-state index is -0.249. The molecular formula is C17H28O2.